The van der Waals surface area contributed by atoms with Gasteiger partial charge in [0.2, 0.25) is 11.8 Å². The van der Waals surface area contributed by atoms with Gasteiger partial charge in [0.15, 0.2) is 12.0 Å². The average molecular weight is 700 g/mol. The molecule has 0 fully saturated rings. The second-order valence-electron chi connectivity index (χ2n) is 11.6. The van der Waals surface area contributed by atoms with Crippen LogP contribution in [0.4, 0.5) is 9.59 Å². The molecule has 0 unspecified atom stereocenters. The van der Waals surface area contributed by atoms with E-state index in [1.165, 1.54) is 20.6 Å². The molecular formula is C35H41N9O7. The van der Waals surface area contributed by atoms with Crippen LogP contribution in [0.25, 0.3) is 44.7 Å². The summed E-state index contributed by atoms with van der Waals surface area (Å²) in [4.78, 5) is 71.6. The molecule has 268 valence electrons. The number of nitrogens with zero attached hydrogens (tertiary/aromatic N) is 5. The molecule has 16 nitrogen and oxygen atoms in total. The first-order valence-electron chi connectivity index (χ1n) is 16.5. The average Bonchev–Trinajstić information content (AvgIpc) is 3.94. The Morgan fingerprint density at radius 2 is 1.22 bits per heavy atom. The van der Waals surface area contributed by atoms with Crippen LogP contribution in [-0.4, -0.2) is 99.1 Å². The first-order valence-corrected chi connectivity index (χ1v) is 16.5. The Bertz CT molecular complexity index is 1970. The number of H-pyrrole nitrogens is 2. The molecule has 3 aromatic heterocycles. The van der Waals surface area contributed by atoms with Gasteiger partial charge < -0.3 is 44.3 Å². The number of carbonyl (C=O) groups excluding carboxylic acids is 4. The van der Waals surface area contributed by atoms with E-state index in [0.29, 0.717) is 35.8 Å². The molecule has 0 atom stereocenters. The predicted octanol–water partition coefficient (Wildman–Crippen LogP) is 4.46. The smallest absolute Gasteiger partial charge is 0.407 e. The number of carbonyl (C=O) groups is 4. The van der Waals surface area contributed by atoms with Crippen molar-refractivity contribution in [3.05, 3.63) is 66.8 Å². The molecule has 0 saturated heterocycles. The normalized spacial score (nSPS) is 10.9. The second kappa shape index (κ2) is 17.0. The van der Waals surface area contributed by atoms with E-state index in [1.54, 1.807) is 22.2 Å². The molecule has 5 aromatic rings. The van der Waals surface area contributed by atoms with Gasteiger partial charge in [0.1, 0.15) is 30.3 Å². The first-order chi connectivity index (χ1) is 24.7. The maximum absolute atomic E-state index is 12.7. The minimum atomic E-state index is -0.669. The van der Waals surface area contributed by atoms with Crippen LogP contribution in [0.3, 0.4) is 0 Å². The summed E-state index contributed by atoms with van der Waals surface area (Å²) in [6.07, 6.45) is 4.99. The number of amides is 4. The molecule has 4 amide bonds. The maximum Gasteiger partial charge on any atom is 0.407 e. The van der Waals surface area contributed by atoms with Crippen LogP contribution in [0.1, 0.15) is 38.3 Å². The monoisotopic (exact) mass is 699 g/mol. The number of aromatic amines is 2. The summed E-state index contributed by atoms with van der Waals surface area (Å²) in [6, 6.07) is 11.8. The molecular weight excluding hydrogens is 658 g/mol. The van der Waals surface area contributed by atoms with Gasteiger partial charge >= 0.3 is 12.2 Å². The van der Waals surface area contributed by atoms with E-state index >= 15 is 0 Å². The zero-order valence-electron chi connectivity index (χ0n) is 28.9. The molecule has 0 bridgehead atoms. The van der Waals surface area contributed by atoms with Gasteiger partial charge in [-0.3, -0.25) is 9.59 Å². The van der Waals surface area contributed by atoms with Crippen molar-refractivity contribution in [3.63, 3.8) is 0 Å². The topological polar surface area (TPSA) is 201 Å². The van der Waals surface area contributed by atoms with Crippen LogP contribution in [0, 0.1) is 0 Å². The zero-order chi connectivity index (χ0) is 36.3. The van der Waals surface area contributed by atoms with Crippen LogP contribution in [0.2, 0.25) is 0 Å². The Morgan fingerprint density at radius 1 is 0.706 bits per heavy atom. The lowest BCUT2D eigenvalue weighted by molar-refractivity contribution is -0.131. The molecule has 0 aliphatic heterocycles. The summed E-state index contributed by atoms with van der Waals surface area (Å²) in [5.41, 5.74) is 6.25. The number of imidazole rings is 2. The lowest BCUT2D eigenvalue weighted by atomic mass is 9.99. The number of oxazole rings is 1. The molecule has 5 rings (SSSR count). The molecule has 0 aliphatic carbocycles. The quantitative estimate of drug-likeness (QED) is 0.121. The molecule has 2 aromatic carbocycles. The van der Waals surface area contributed by atoms with Crippen LogP contribution >= 0.6 is 0 Å². The van der Waals surface area contributed by atoms with Crippen LogP contribution in [0.5, 0.6) is 0 Å². The predicted molar refractivity (Wildman–Crippen MR) is 187 cm³/mol. The Labute approximate surface area is 293 Å². The van der Waals surface area contributed by atoms with E-state index in [-0.39, 0.29) is 38.0 Å². The lowest BCUT2D eigenvalue weighted by Gasteiger charge is -2.21. The molecule has 3 heterocycles. The third kappa shape index (κ3) is 8.89. The molecule has 16 heteroatoms. The minimum absolute atomic E-state index is 0.164. The number of fused-ring (bicyclic) bond motifs is 1. The minimum Gasteiger partial charge on any atom is -0.453 e. The molecule has 0 radical (unpaired) electrons. The maximum atomic E-state index is 12.7. The largest absolute Gasteiger partial charge is 0.453 e. The first kappa shape index (κ1) is 36.1. The van der Waals surface area contributed by atoms with Crippen molar-refractivity contribution in [2.45, 2.75) is 39.8 Å². The fourth-order valence-electron chi connectivity index (χ4n) is 5.54. The zero-order valence-corrected chi connectivity index (χ0v) is 28.9. The number of rotatable bonds is 15. The van der Waals surface area contributed by atoms with Crippen molar-refractivity contribution in [3.8, 4) is 33.6 Å². The number of ether oxygens (including phenoxy) is 2. The highest BCUT2D eigenvalue weighted by Gasteiger charge is 2.20. The van der Waals surface area contributed by atoms with E-state index < -0.39 is 12.2 Å². The Hall–Kier alpha value is -6.19. The van der Waals surface area contributed by atoms with Crippen LogP contribution in [0.15, 0.2) is 59.6 Å². The standard InChI is InChI=1S/C35H41N9O7/c1-5-13-43(30(45)17-38-34(47)49-3)19-28-36-15-26(41-28)23-9-7-22(8-10-23)24-11-12-25(32-33(24)51-21-40-32)27-16-37-29(42-27)20-44(14-6-2)31(46)18-39-35(48)50-4/h7-12,15-16,21H,5-6,13-14,17-20H2,1-4H3,(H,36,41)(H,37,42)(H,38,47)(H,39,48). The second-order valence-corrected chi connectivity index (χ2v) is 11.6. The van der Waals surface area contributed by atoms with Crippen molar-refractivity contribution in [1.82, 2.24) is 45.4 Å². The highest BCUT2D eigenvalue weighted by molar-refractivity contribution is 5.99. The van der Waals surface area contributed by atoms with Gasteiger partial charge in [-0.2, -0.15) is 0 Å². The van der Waals surface area contributed by atoms with E-state index in [0.717, 1.165) is 46.5 Å². The summed E-state index contributed by atoms with van der Waals surface area (Å²) in [6.45, 7) is 5.12. The summed E-state index contributed by atoms with van der Waals surface area (Å²) in [5.74, 6) is 0.720. The molecule has 0 saturated carbocycles. The van der Waals surface area contributed by atoms with Crippen molar-refractivity contribution >= 4 is 35.1 Å². The number of benzene rings is 2. The molecule has 4 N–H and O–H groups in total. The molecule has 51 heavy (non-hydrogen) atoms. The summed E-state index contributed by atoms with van der Waals surface area (Å²) < 4.78 is 15.0. The van der Waals surface area contributed by atoms with Crippen molar-refractivity contribution in [2.75, 3.05) is 40.4 Å². The van der Waals surface area contributed by atoms with Crippen LogP contribution < -0.4 is 10.6 Å². The molecule has 0 aliphatic rings. The summed E-state index contributed by atoms with van der Waals surface area (Å²) >= 11 is 0. The van der Waals surface area contributed by atoms with Crippen molar-refractivity contribution < 1.29 is 33.1 Å². The number of methoxy groups -OCH3 is 2. The number of alkyl carbamates (subject to hydrolysis) is 2. The van der Waals surface area contributed by atoms with E-state index in [1.807, 2.05) is 50.2 Å². The summed E-state index contributed by atoms with van der Waals surface area (Å²) in [7, 11) is 2.49. The van der Waals surface area contributed by atoms with Crippen LogP contribution in [-0.2, 0) is 32.2 Å². The fourth-order valence-corrected chi connectivity index (χ4v) is 5.54. The van der Waals surface area contributed by atoms with Gasteiger partial charge in [-0.05, 0) is 36.1 Å². The van der Waals surface area contributed by atoms with Gasteiger partial charge in [-0.15, -0.1) is 0 Å². The van der Waals surface area contributed by atoms with Gasteiger partial charge in [-0.1, -0.05) is 38.1 Å². The van der Waals surface area contributed by atoms with E-state index in [4.69, 9.17) is 4.42 Å². The van der Waals surface area contributed by atoms with Crippen molar-refractivity contribution in [1.29, 1.82) is 0 Å². The number of hydrogen-bond donors (Lipinski definition) is 4. The highest BCUT2D eigenvalue weighted by Crippen LogP contribution is 2.35. The van der Waals surface area contributed by atoms with E-state index in [9.17, 15) is 19.2 Å². The molecule has 0 spiro atoms. The van der Waals surface area contributed by atoms with Gasteiger partial charge in [0, 0.05) is 24.2 Å². The lowest BCUT2D eigenvalue weighted by Crippen LogP contribution is -2.40. The number of nitrogens with one attached hydrogen (secondary N) is 4. The Kier molecular flexibility index (Phi) is 12.0. The SMILES string of the molecule is CCCN(Cc1ncc(-c2ccc(-c3ccc(-c4cnc(CN(CCC)C(=O)CNC(=O)OC)[nH]4)c4ncoc34)cc2)[nH]1)C(=O)CNC(=O)OC. The third-order valence-corrected chi connectivity index (χ3v) is 8.05. The van der Waals surface area contributed by atoms with Crippen molar-refractivity contribution in [2.24, 2.45) is 0 Å². The fraction of sp³-hybridized carbons (Fsp3) is 0.343. The third-order valence-electron chi connectivity index (χ3n) is 8.05. The van der Waals surface area contributed by atoms with E-state index in [2.05, 4.69) is 45.0 Å². The van der Waals surface area contributed by atoms with Gasteiger partial charge in [0.05, 0.1) is 51.1 Å². The van der Waals surface area contributed by atoms with Gasteiger partial charge in [-0.25, -0.2) is 24.5 Å². The Morgan fingerprint density at radius 3 is 1.76 bits per heavy atom. The highest BCUT2D eigenvalue weighted by atomic mass is 16.5. The Balaban J connectivity index is 1.28. The summed E-state index contributed by atoms with van der Waals surface area (Å²) in [5, 5.41) is 4.85. The number of hydrogen-bond acceptors (Lipinski definition) is 10. The number of aromatic nitrogens is 5. The van der Waals surface area contributed by atoms with Gasteiger partial charge in [0.25, 0.3) is 0 Å².